The maximum absolute atomic E-state index is 3.48. The van der Waals surface area contributed by atoms with E-state index in [2.05, 4.69) is 77.6 Å². The number of likely N-dealkylation sites (N-methyl/N-ethyl adjacent to an activating group) is 1. The Morgan fingerprint density at radius 3 is 2.50 bits per heavy atom. The van der Waals surface area contributed by atoms with Crippen LogP contribution in [0.1, 0.15) is 18.7 Å². The van der Waals surface area contributed by atoms with Crippen molar-refractivity contribution >= 4 is 33.3 Å². The molecular weight excluding hydrogens is 330 g/mol. The fraction of sp³-hybridized carbons (Fsp3) is 0.294. The summed E-state index contributed by atoms with van der Waals surface area (Å²) in [6.45, 7) is 5.43. The summed E-state index contributed by atoms with van der Waals surface area (Å²) in [6, 6.07) is 12.9. The zero-order valence-corrected chi connectivity index (χ0v) is 14.5. The molecule has 0 radical (unpaired) electrons. The van der Waals surface area contributed by atoms with Gasteiger partial charge in [0, 0.05) is 20.8 Å². The molecule has 0 amide bonds. The smallest absolute Gasteiger partial charge is 0.0349 e. The lowest BCUT2D eigenvalue weighted by molar-refractivity contribution is 0.713. The highest BCUT2D eigenvalue weighted by Crippen LogP contribution is 2.30. The van der Waals surface area contributed by atoms with E-state index in [4.69, 9.17) is 0 Å². The van der Waals surface area contributed by atoms with Gasteiger partial charge < -0.3 is 5.32 Å². The first-order valence-electron chi connectivity index (χ1n) is 6.81. The minimum absolute atomic E-state index is 0.570. The van der Waals surface area contributed by atoms with Crippen LogP contribution < -0.4 is 5.32 Å². The Bertz CT molecular complexity index is 581. The standard InChI is InChI=1S/C17H20BrNS/c1-12(2)14(11-19-3)10-16-8-9-17(20-16)13-4-6-15(18)7-5-13/h4-10,12,19H,11H2,1-3H3. The topological polar surface area (TPSA) is 12.0 Å². The molecule has 0 spiro atoms. The normalized spacial score (nSPS) is 12.2. The summed E-state index contributed by atoms with van der Waals surface area (Å²) in [5.41, 5.74) is 2.72. The van der Waals surface area contributed by atoms with Gasteiger partial charge in [0.05, 0.1) is 0 Å². The molecule has 1 heterocycles. The summed E-state index contributed by atoms with van der Waals surface area (Å²) in [7, 11) is 2.00. The molecule has 0 saturated heterocycles. The van der Waals surface area contributed by atoms with Gasteiger partial charge in [-0.15, -0.1) is 11.3 Å². The molecule has 20 heavy (non-hydrogen) atoms. The van der Waals surface area contributed by atoms with Crippen LogP contribution in [-0.4, -0.2) is 13.6 Å². The molecule has 0 aliphatic rings. The number of rotatable bonds is 5. The van der Waals surface area contributed by atoms with Crippen molar-refractivity contribution in [1.82, 2.24) is 5.32 Å². The van der Waals surface area contributed by atoms with Crippen molar-refractivity contribution in [2.45, 2.75) is 13.8 Å². The van der Waals surface area contributed by atoms with Crippen LogP contribution in [0.25, 0.3) is 16.5 Å². The second-order valence-corrected chi connectivity index (χ2v) is 7.14. The molecule has 2 aromatic rings. The van der Waals surface area contributed by atoms with E-state index in [0.29, 0.717) is 5.92 Å². The van der Waals surface area contributed by atoms with Gasteiger partial charge in [0.1, 0.15) is 0 Å². The lowest BCUT2D eigenvalue weighted by Crippen LogP contribution is -2.13. The molecule has 2 rings (SSSR count). The van der Waals surface area contributed by atoms with Crippen LogP contribution in [0.15, 0.2) is 46.4 Å². The average Bonchev–Trinajstić information content (AvgIpc) is 2.87. The van der Waals surface area contributed by atoms with Gasteiger partial charge in [-0.1, -0.05) is 47.5 Å². The second-order valence-electron chi connectivity index (χ2n) is 5.11. The third kappa shape index (κ3) is 4.05. The van der Waals surface area contributed by atoms with Gasteiger partial charge in [-0.3, -0.25) is 0 Å². The van der Waals surface area contributed by atoms with Crippen LogP contribution in [-0.2, 0) is 0 Å². The number of hydrogen-bond donors (Lipinski definition) is 1. The van der Waals surface area contributed by atoms with E-state index >= 15 is 0 Å². The molecule has 0 aliphatic carbocycles. The van der Waals surface area contributed by atoms with Crippen molar-refractivity contribution in [3.05, 3.63) is 51.3 Å². The van der Waals surface area contributed by atoms with Crippen molar-refractivity contribution in [3.8, 4) is 10.4 Å². The Morgan fingerprint density at radius 2 is 1.90 bits per heavy atom. The van der Waals surface area contributed by atoms with E-state index < -0.39 is 0 Å². The van der Waals surface area contributed by atoms with Crippen LogP contribution in [0.2, 0.25) is 0 Å². The van der Waals surface area contributed by atoms with Gasteiger partial charge in [0.15, 0.2) is 0 Å². The van der Waals surface area contributed by atoms with Gasteiger partial charge in [-0.05, 0) is 48.9 Å². The van der Waals surface area contributed by atoms with E-state index in [-0.39, 0.29) is 0 Å². The molecule has 0 saturated carbocycles. The quantitative estimate of drug-likeness (QED) is 0.757. The van der Waals surface area contributed by atoms with E-state index in [0.717, 1.165) is 11.0 Å². The lowest BCUT2D eigenvalue weighted by Gasteiger charge is -2.10. The Labute approximate surface area is 133 Å². The zero-order valence-electron chi connectivity index (χ0n) is 12.1. The van der Waals surface area contributed by atoms with Gasteiger partial charge in [-0.2, -0.15) is 0 Å². The summed E-state index contributed by atoms with van der Waals surface area (Å²) < 4.78 is 1.12. The van der Waals surface area contributed by atoms with E-state index in [9.17, 15) is 0 Å². The Kier molecular flexibility index (Phi) is 5.58. The SMILES string of the molecule is CNCC(=Cc1ccc(-c2ccc(Br)cc2)s1)C(C)C. The first-order chi connectivity index (χ1) is 9.60. The summed E-state index contributed by atoms with van der Waals surface area (Å²) >= 11 is 5.32. The molecule has 1 N–H and O–H groups in total. The van der Waals surface area contributed by atoms with E-state index in [1.807, 2.05) is 18.4 Å². The van der Waals surface area contributed by atoms with E-state index in [1.165, 1.54) is 20.9 Å². The summed E-state index contributed by atoms with van der Waals surface area (Å²) in [5, 5.41) is 3.25. The highest BCUT2D eigenvalue weighted by atomic mass is 79.9. The number of halogens is 1. The third-order valence-corrected chi connectivity index (χ3v) is 4.82. The van der Waals surface area contributed by atoms with Gasteiger partial charge in [0.25, 0.3) is 0 Å². The van der Waals surface area contributed by atoms with Crippen LogP contribution in [0.5, 0.6) is 0 Å². The molecular formula is C17H20BrNS. The van der Waals surface area contributed by atoms with Crippen LogP contribution in [0, 0.1) is 5.92 Å². The summed E-state index contributed by atoms with van der Waals surface area (Å²) in [5.74, 6) is 0.570. The van der Waals surface area contributed by atoms with Crippen LogP contribution >= 0.6 is 27.3 Å². The van der Waals surface area contributed by atoms with Crippen molar-refractivity contribution in [2.24, 2.45) is 5.92 Å². The average molecular weight is 350 g/mol. The third-order valence-electron chi connectivity index (χ3n) is 3.21. The van der Waals surface area contributed by atoms with Gasteiger partial charge in [-0.25, -0.2) is 0 Å². The number of hydrogen-bond acceptors (Lipinski definition) is 2. The zero-order chi connectivity index (χ0) is 14.5. The lowest BCUT2D eigenvalue weighted by atomic mass is 10.0. The number of nitrogens with one attached hydrogen (secondary N) is 1. The van der Waals surface area contributed by atoms with Crippen molar-refractivity contribution in [3.63, 3.8) is 0 Å². The number of thiophene rings is 1. The van der Waals surface area contributed by atoms with Gasteiger partial charge >= 0.3 is 0 Å². The fourth-order valence-corrected chi connectivity index (χ4v) is 3.26. The summed E-state index contributed by atoms with van der Waals surface area (Å²) in [4.78, 5) is 2.64. The van der Waals surface area contributed by atoms with Crippen molar-refractivity contribution in [2.75, 3.05) is 13.6 Å². The second kappa shape index (κ2) is 7.21. The molecule has 0 aliphatic heterocycles. The molecule has 1 aromatic heterocycles. The minimum Gasteiger partial charge on any atom is -0.316 e. The summed E-state index contributed by atoms with van der Waals surface area (Å²) in [6.07, 6.45) is 2.31. The predicted molar refractivity (Wildman–Crippen MR) is 94.2 cm³/mol. The van der Waals surface area contributed by atoms with Crippen LogP contribution in [0.3, 0.4) is 0 Å². The predicted octanol–water partition coefficient (Wildman–Crippen LogP) is 5.44. The highest BCUT2D eigenvalue weighted by molar-refractivity contribution is 9.10. The molecule has 0 unspecified atom stereocenters. The highest BCUT2D eigenvalue weighted by Gasteiger charge is 2.05. The van der Waals surface area contributed by atoms with Gasteiger partial charge in [0.2, 0.25) is 0 Å². The largest absolute Gasteiger partial charge is 0.316 e. The fourth-order valence-electron chi connectivity index (χ4n) is 2.01. The Hall–Kier alpha value is -0.900. The molecule has 1 nitrogen and oxygen atoms in total. The Morgan fingerprint density at radius 1 is 1.20 bits per heavy atom. The van der Waals surface area contributed by atoms with Crippen LogP contribution in [0.4, 0.5) is 0 Å². The first-order valence-corrected chi connectivity index (χ1v) is 8.42. The maximum atomic E-state index is 3.48. The molecule has 0 fully saturated rings. The van der Waals surface area contributed by atoms with Crippen molar-refractivity contribution < 1.29 is 0 Å². The maximum Gasteiger partial charge on any atom is 0.0349 e. The molecule has 0 atom stereocenters. The molecule has 0 bridgehead atoms. The van der Waals surface area contributed by atoms with E-state index in [1.54, 1.807) is 0 Å². The van der Waals surface area contributed by atoms with Crippen molar-refractivity contribution in [1.29, 1.82) is 0 Å². The monoisotopic (exact) mass is 349 g/mol. The molecule has 1 aromatic carbocycles. The molecule has 106 valence electrons. The minimum atomic E-state index is 0.570. The number of benzene rings is 1. The molecule has 3 heteroatoms. The first kappa shape index (κ1) is 15.5. The Balaban J connectivity index is 2.24.